The Morgan fingerprint density at radius 1 is 1.15 bits per heavy atom. The van der Waals surface area contributed by atoms with Crippen molar-refractivity contribution in [3.8, 4) is 0 Å². The van der Waals surface area contributed by atoms with E-state index in [-0.39, 0.29) is 18.2 Å². The van der Waals surface area contributed by atoms with Crippen molar-refractivity contribution in [2.45, 2.75) is 13.8 Å². The predicted octanol–water partition coefficient (Wildman–Crippen LogP) is 1.86. The number of amides is 3. The first kappa shape index (κ1) is 15.9. The van der Waals surface area contributed by atoms with Crippen LogP contribution < -0.4 is 16.0 Å². The van der Waals surface area contributed by atoms with Crippen molar-refractivity contribution >= 4 is 17.6 Å². The first-order valence-electron chi connectivity index (χ1n) is 6.14. The lowest BCUT2D eigenvalue weighted by Crippen LogP contribution is -2.43. The fourth-order valence-electron chi connectivity index (χ4n) is 1.35. The maximum atomic E-state index is 12.9. The summed E-state index contributed by atoms with van der Waals surface area (Å²) in [5, 5.41) is 7.13. The number of urea groups is 1. The lowest BCUT2D eigenvalue weighted by molar-refractivity contribution is -0.118. The molecule has 3 N–H and O–H groups in total. The molecule has 3 amide bonds. The topological polar surface area (TPSA) is 70.2 Å². The van der Waals surface area contributed by atoms with Gasteiger partial charge in [-0.1, -0.05) is 13.8 Å². The second-order valence-corrected chi connectivity index (χ2v) is 4.66. The van der Waals surface area contributed by atoms with Crippen LogP contribution in [-0.2, 0) is 4.79 Å². The average molecular weight is 285 g/mol. The quantitative estimate of drug-likeness (QED) is 0.773. The molecule has 0 aliphatic heterocycles. The third-order valence-corrected chi connectivity index (χ3v) is 2.24. The third-order valence-electron chi connectivity index (χ3n) is 2.24. The van der Waals surface area contributed by atoms with Gasteiger partial charge in [0.2, 0.25) is 5.91 Å². The highest BCUT2D eigenvalue weighted by molar-refractivity contribution is 5.96. The van der Waals surface area contributed by atoms with E-state index in [1.165, 1.54) is 0 Å². The zero-order valence-corrected chi connectivity index (χ0v) is 11.3. The third kappa shape index (κ3) is 6.12. The van der Waals surface area contributed by atoms with Gasteiger partial charge in [-0.15, -0.1) is 0 Å². The Morgan fingerprint density at radius 3 is 2.30 bits per heavy atom. The van der Waals surface area contributed by atoms with E-state index in [4.69, 9.17) is 0 Å². The molecule has 7 heteroatoms. The summed E-state index contributed by atoms with van der Waals surface area (Å²) in [6.07, 6.45) is 0. The number of nitrogens with one attached hydrogen (secondary N) is 3. The van der Waals surface area contributed by atoms with Gasteiger partial charge in [-0.05, 0) is 18.1 Å². The summed E-state index contributed by atoms with van der Waals surface area (Å²) < 4.78 is 25.8. The summed E-state index contributed by atoms with van der Waals surface area (Å²) in [4.78, 5) is 22.7. The first-order chi connectivity index (χ1) is 9.36. The van der Waals surface area contributed by atoms with Crippen molar-refractivity contribution < 1.29 is 18.4 Å². The largest absolute Gasteiger partial charge is 0.376 e. The molecule has 0 saturated carbocycles. The van der Waals surface area contributed by atoms with Crippen molar-refractivity contribution in [3.05, 3.63) is 29.8 Å². The molecule has 0 aliphatic rings. The van der Waals surface area contributed by atoms with Crippen molar-refractivity contribution in [2.24, 2.45) is 5.92 Å². The summed E-state index contributed by atoms with van der Waals surface area (Å²) in [5.74, 6) is -1.83. The van der Waals surface area contributed by atoms with Gasteiger partial charge in [-0.2, -0.15) is 0 Å². The SMILES string of the molecule is CC(C)CNC(=O)NC(=O)CNc1cc(F)cc(F)c1. The smallest absolute Gasteiger partial charge is 0.321 e. The van der Waals surface area contributed by atoms with Crippen LogP contribution >= 0.6 is 0 Å². The molecule has 5 nitrogen and oxygen atoms in total. The molecule has 0 aliphatic carbocycles. The Balaban J connectivity index is 2.37. The molecule has 0 unspecified atom stereocenters. The molecule has 110 valence electrons. The van der Waals surface area contributed by atoms with E-state index in [2.05, 4.69) is 16.0 Å². The maximum Gasteiger partial charge on any atom is 0.321 e. The summed E-state index contributed by atoms with van der Waals surface area (Å²) in [5.41, 5.74) is 0.125. The normalized spacial score (nSPS) is 10.2. The molecule has 0 radical (unpaired) electrons. The minimum atomic E-state index is -0.748. The number of carbonyl (C=O) groups excluding carboxylic acids is 2. The Kier molecular flexibility index (Phi) is 5.89. The Morgan fingerprint density at radius 2 is 1.75 bits per heavy atom. The average Bonchev–Trinajstić information content (AvgIpc) is 2.33. The van der Waals surface area contributed by atoms with Gasteiger partial charge in [-0.3, -0.25) is 10.1 Å². The molecule has 0 heterocycles. The number of halogens is 2. The Bertz CT molecular complexity index is 472. The van der Waals surface area contributed by atoms with E-state index >= 15 is 0 Å². The van der Waals surface area contributed by atoms with Gasteiger partial charge in [0.05, 0.1) is 6.54 Å². The van der Waals surface area contributed by atoms with E-state index in [9.17, 15) is 18.4 Å². The van der Waals surface area contributed by atoms with Crippen molar-refractivity contribution in [3.63, 3.8) is 0 Å². The molecule has 0 spiro atoms. The van der Waals surface area contributed by atoms with E-state index in [1.54, 1.807) is 0 Å². The second kappa shape index (κ2) is 7.42. The zero-order chi connectivity index (χ0) is 15.1. The number of hydrogen-bond donors (Lipinski definition) is 3. The van der Waals surface area contributed by atoms with Gasteiger partial charge < -0.3 is 10.6 Å². The lowest BCUT2D eigenvalue weighted by atomic mass is 10.2. The van der Waals surface area contributed by atoms with Crippen LogP contribution in [-0.4, -0.2) is 25.0 Å². The number of anilines is 1. The van der Waals surface area contributed by atoms with Crippen LogP contribution in [0.5, 0.6) is 0 Å². The number of carbonyl (C=O) groups is 2. The molecule has 1 rings (SSSR count). The molecule has 1 aromatic carbocycles. The lowest BCUT2D eigenvalue weighted by Gasteiger charge is -2.09. The van der Waals surface area contributed by atoms with Gasteiger partial charge in [0.1, 0.15) is 11.6 Å². The van der Waals surface area contributed by atoms with Crippen molar-refractivity contribution in [1.29, 1.82) is 0 Å². The minimum absolute atomic E-state index is 0.125. The van der Waals surface area contributed by atoms with E-state index in [0.29, 0.717) is 6.54 Å². The molecule has 0 saturated heterocycles. The van der Waals surface area contributed by atoms with Gasteiger partial charge in [0.25, 0.3) is 0 Å². The van der Waals surface area contributed by atoms with Crippen LogP contribution in [0.15, 0.2) is 18.2 Å². The van der Waals surface area contributed by atoms with E-state index in [1.807, 2.05) is 13.8 Å². The molecule has 0 aromatic heterocycles. The number of rotatable bonds is 5. The Hall–Kier alpha value is -2.18. The van der Waals surface area contributed by atoms with E-state index in [0.717, 1.165) is 18.2 Å². The highest BCUT2D eigenvalue weighted by Crippen LogP contribution is 2.12. The van der Waals surface area contributed by atoms with Gasteiger partial charge in [0.15, 0.2) is 0 Å². The van der Waals surface area contributed by atoms with Crippen LogP contribution in [0, 0.1) is 17.6 Å². The highest BCUT2D eigenvalue weighted by Gasteiger charge is 2.08. The standard InChI is InChI=1S/C13H17F2N3O2/c1-8(2)6-17-13(20)18-12(19)7-16-11-4-9(14)3-10(15)5-11/h3-5,8,16H,6-7H2,1-2H3,(H2,17,18,19,20). The first-order valence-corrected chi connectivity index (χ1v) is 6.14. The molecule has 0 fully saturated rings. The minimum Gasteiger partial charge on any atom is -0.376 e. The van der Waals surface area contributed by atoms with Crippen LogP contribution in [0.25, 0.3) is 0 Å². The summed E-state index contributed by atoms with van der Waals surface area (Å²) in [6.45, 7) is 4.02. The summed E-state index contributed by atoms with van der Waals surface area (Å²) >= 11 is 0. The molecule has 0 bridgehead atoms. The van der Waals surface area contributed by atoms with Crippen molar-refractivity contribution in [2.75, 3.05) is 18.4 Å². The monoisotopic (exact) mass is 285 g/mol. The van der Waals surface area contributed by atoms with Crippen LogP contribution in [0.1, 0.15) is 13.8 Å². The molecular formula is C13H17F2N3O2. The van der Waals surface area contributed by atoms with Gasteiger partial charge >= 0.3 is 6.03 Å². The van der Waals surface area contributed by atoms with Crippen LogP contribution in [0.3, 0.4) is 0 Å². The second-order valence-electron chi connectivity index (χ2n) is 4.66. The molecule has 1 aromatic rings. The van der Waals surface area contributed by atoms with E-state index < -0.39 is 23.6 Å². The van der Waals surface area contributed by atoms with Crippen LogP contribution in [0.2, 0.25) is 0 Å². The molecular weight excluding hydrogens is 268 g/mol. The van der Waals surface area contributed by atoms with Crippen molar-refractivity contribution in [1.82, 2.24) is 10.6 Å². The summed E-state index contributed by atoms with van der Waals surface area (Å²) in [7, 11) is 0. The predicted molar refractivity (Wildman–Crippen MR) is 71.2 cm³/mol. The number of hydrogen-bond acceptors (Lipinski definition) is 3. The van der Waals surface area contributed by atoms with Crippen LogP contribution in [0.4, 0.5) is 19.3 Å². The zero-order valence-electron chi connectivity index (χ0n) is 11.3. The van der Waals surface area contributed by atoms with Gasteiger partial charge in [0, 0.05) is 18.3 Å². The Labute approximate surface area is 115 Å². The highest BCUT2D eigenvalue weighted by atomic mass is 19.1. The fourth-order valence-corrected chi connectivity index (χ4v) is 1.35. The number of benzene rings is 1. The summed E-state index contributed by atoms with van der Waals surface area (Å²) in [6, 6.07) is 2.23. The van der Waals surface area contributed by atoms with Gasteiger partial charge in [-0.25, -0.2) is 13.6 Å². The molecule has 20 heavy (non-hydrogen) atoms. The fraction of sp³-hybridized carbons (Fsp3) is 0.385. The maximum absolute atomic E-state index is 12.9. The number of imide groups is 1. The molecule has 0 atom stereocenters.